The molecule has 392 valence electrons. The highest BCUT2D eigenvalue weighted by atomic mass is 32.2. The van der Waals surface area contributed by atoms with E-state index in [1.165, 1.54) is 64.3 Å². The van der Waals surface area contributed by atoms with Gasteiger partial charge in [0.15, 0.2) is 40.4 Å². The number of fused-ring (bicyclic) bond motifs is 8. The van der Waals surface area contributed by atoms with E-state index in [4.69, 9.17) is 18.9 Å². The Kier molecular flexibility index (Phi) is 14.8. The Morgan fingerprint density at radius 2 is 1.11 bits per heavy atom. The number of carbonyl (C=O) groups is 3. The molecule has 8 heterocycles. The number of aromatic nitrogens is 2. The first-order valence-electron chi connectivity index (χ1n) is 23.0. The predicted octanol–water partition coefficient (Wildman–Crippen LogP) is 7.42. The second kappa shape index (κ2) is 21.2. The fraction of sp³-hybridized carbons (Fsp3) is 0.302. The molecule has 2 amide bonds. The van der Waals surface area contributed by atoms with Crippen LogP contribution in [0.3, 0.4) is 0 Å². The molecule has 12 rings (SSSR count). The number of hydrogen-bond acceptors (Lipinski definition) is 14. The summed E-state index contributed by atoms with van der Waals surface area (Å²) in [6.07, 6.45) is 1.66. The van der Waals surface area contributed by atoms with Crippen molar-refractivity contribution < 1.29 is 56.0 Å². The van der Waals surface area contributed by atoms with Crippen molar-refractivity contribution in [1.29, 1.82) is 0 Å². The van der Waals surface area contributed by atoms with Gasteiger partial charge in [0.2, 0.25) is 23.4 Å². The van der Waals surface area contributed by atoms with E-state index < -0.39 is 88.9 Å². The molecule has 4 aromatic carbocycles. The van der Waals surface area contributed by atoms with Gasteiger partial charge in [-0.1, -0.05) is 63.4 Å². The van der Waals surface area contributed by atoms with Crippen LogP contribution in [-0.2, 0) is 30.5 Å². The molecule has 75 heavy (non-hydrogen) atoms. The molecule has 6 aromatic rings. The number of amides is 2. The van der Waals surface area contributed by atoms with Crippen LogP contribution < -0.4 is 25.6 Å². The molecule has 4 atom stereocenters. The first kappa shape index (κ1) is 52.6. The Bertz CT molecular complexity index is 3380. The molecule has 1 N–H and O–H groups in total. The molecular weight excluding hydrogens is 1020 g/mol. The highest BCUT2D eigenvalue weighted by Gasteiger charge is 2.48. The van der Waals surface area contributed by atoms with E-state index in [9.17, 15) is 37.9 Å². The van der Waals surface area contributed by atoms with Crippen LogP contribution in [0.2, 0.25) is 0 Å². The number of pyridine rings is 2. The normalized spacial score (nSPS) is 20.0. The van der Waals surface area contributed by atoms with Gasteiger partial charge in [-0.3, -0.25) is 43.3 Å². The van der Waals surface area contributed by atoms with Gasteiger partial charge in [0.25, 0.3) is 11.8 Å². The van der Waals surface area contributed by atoms with E-state index >= 15 is 8.78 Å². The molecule has 0 spiro atoms. The average Bonchev–Trinajstić information content (AvgIpc) is 3.67. The smallest absolute Gasteiger partial charge is 0.305 e. The lowest BCUT2D eigenvalue weighted by Gasteiger charge is -2.51. The molecule has 2 aromatic heterocycles. The van der Waals surface area contributed by atoms with Gasteiger partial charge < -0.3 is 33.9 Å². The topological polar surface area (TPSA) is 165 Å². The molecule has 22 heteroatoms. The van der Waals surface area contributed by atoms with E-state index in [0.717, 1.165) is 33.1 Å². The number of ether oxygens (including phenoxy) is 4. The number of hydrogen-bond donors (Lipinski definition) is 1. The number of aromatic hydroxyl groups is 1. The van der Waals surface area contributed by atoms with Crippen LogP contribution in [-0.4, -0.2) is 101 Å². The molecule has 6 aliphatic rings. The quantitative estimate of drug-likeness (QED) is 0.103. The van der Waals surface area contributed by atoms with E-state index in [0.29, 0.717) is 17.7 Å². The lowest BCUT2D eigenvalue weighted by Crippen LogP contribution is -2.66. The second-order valence-electron chi connectivity index (χ2n) is 17.5. The molecule has 0 radical (unpaired) electrons. The Morgan fingerprint density at radius 3 is 1.61 bits per heavy atom. The van der Waals surface area contributed by atoms with Crippen molar-refractivity contribution in [3.05, 3.63) is 186 Å². The summed E-state index contributed by atoms with van der Waals surface area (Å²) in [5.74, 6) is -5.75. The second-order valence-corrected chi connectivity index (χ2v) is 19.5. The van der Waals surface area contributed by atoms with Crippen molar-refractivity contribution in [3.63, 3.8) is 0 Å². The monoisotopic (exact) mass is 1070 g/mol. The predicted molar refractivity (Wildman–Crippen MR) is 270 cm³/mol. The third-order valence-electron chi connectivity index (χ3n) is 13.6. The van der Waals surface area contributed by atoms with E-state index in [-0.39, 0.29) is 87.5 Å². The Labute approximate surface area is 435 Å². The maximum atomic E-state index is 15.2. The van der Waals surface area contributed by atoms with Crippen LogP contribution in [0.25, 0.3) is 0 Å². The number of morpholine rings is 2. The number of benzene rings is 4. The van der Waals surface area contributed by atoms with Gasteiger partial charge in [-0.2, -0.15) is 0 Å². The molecule has 0 unspecified atom stereocenters. The van der Waals surface area contributed by atoms with Crippen LogP contribution in [0.5, 0.6) is 11.5 Å². The summed E-state index contributed by atoms with van der Waals surface area (Å²) in [4.78, 5) is 68.4. The van der Waals surface area contributed by atoms with E-state index in [1.54, 1.807) is 21.9 Å². The summed E-state index contributed by atoms with van der Waals surface area (Å²) < 4.78 is 83.8. The zero-order valence-electron chi connectivity index (χ0n) is 38.5. The van der Waals surface area contributed by atoms with Gasteiger partial charge in [0.05, 0.1) is 38.5 Å². The van der Waals surface area contributed by atoms with Gasteiger partial charge in [-0.15, -0.1) is 23.5 Å². The molecule has 0 saturated carbocycles. The van der Waals surface area contributed by atoms with Gasteiger partial charge in [0.1, 0.15) is 12.3 Å². The zero-order chi connectivity index (χ0) is 50.8. The maximum absolute atomic E-state index is 15.2. The first-order chi connectivity index (χ1) is 35.3. The zero-order valence-corrected chi connectivity index (χ0v) is 40.2. The lowest BCUT2D eigenvalue weighted by molar-refractivity contribution is -0.147. The van der Waals surface area contributed by atoms with Crippen LogP contribution in [0, 0.1) is 23.3 Å². The third-order valence-corrected chi connectivity index (χ3v) is 15.8. The highest BCUT2D eigenvalue weighted by molar-refractivity contribution is 7.98. The van der Waals surface area contributed by atoms with Gasteiger partial charge in [-0.25, -0.2) is 17.6 Å². The van der Waals surface area contributed by atoms with Crippen LogP contribution >= 0.6 is 23.5 Å². The maximum Gasteiger partial charge on any atom is 0.305 e. The number of carbonyl (C=O) groups excluding carboxylic acids is 3. The highest BCUT2D eigenvalue weighted by Crippen LogP contribution is 2.47. The fourth-order valence-corrected chi connectivity index (χ4v) is 12.5. The summed E-state index contributed by atoms with van der Waals surface area (Å²) in [5.41, 5.74) is 1.71. The van der Waals surface area contributed by atoms with Crippen molar-refractivity contribution >= 4 is 41.3 Å². The molecule has 2 saturated heterocycles. The minimum absolute atomic E-state index is 0. The molecular formula is C53H50F4N6O10S2. The SMILES string of the molecule is C.C.CC(=O)OCOc1c2n(ccc1=O)N([C@@H]1c3ccccc3SCc3c1ccc(F)c3F)[C@@H]1COCCN1C2=O.O=C1c2c(O)c(=O)ccn2N([C@@H]2c3ccccc3SCc3c2ccc(F)c3F)[C@@H]2COCCN12. The van der Waals surface area contributed by atoms with Crippen molar-refractivity contribution in [3.8, 4) is 11.5 Å². The summed E-state index contributed by atoms with van der Waals surface area (Å²) in [7, 11) is 0. The number of thioether (sulfide) groups is 2. The molecule has 0 bridgehead atoms. The summed E-state index contributed by atoms with van der Waals surface area (Å²) >= 11 is 2.80. The van der Waals surface area contributed by atoms with Crippen molar-refractivity contribution in [2.75, 3.05) is 56.3 Å². The average molecular weight is 1070 g/mol. The van der Waals surface area contributed by atoms with E-state index in [1.807, 2.05) is 58.5 Å². The Balaban J connectivity index is 0.000000180. The molecule has 6 aliphatic heterocycles. The summed E-state index contributed by atoms with van der Waals surface area (Å²) in [6.45, 7) is 2.04. The fourth-order valence-electron chi connectivity index (χ4n) is 10.3. The van der Waals surface area contributed by atoms with Crippen molar-refractivity contribution in [2.45, 2.75) is 67.5 Å². The largest absolute Gasteiger partial charge is 0.502 e. The number of halogens is 4. The van der Waals surface area contributed by atoms with Crippen molar-refractivity contribution in [2.24, 2.45) is 0 Å². The number of nitrogens with zero attached hydrogens (tertiary/aromatic N) is 6. The van der Waals surface area contributed by atoms with E-state index in [2.05, 4.69) is 0 Å². The Morgan fingerprint density at radius 1 is 0.640 bits per heavy atom. The van der Waals surface area contributed by atoms with Crippen LogP contribution in [0.1, 0.15) is 88.2 Å². The number of rotatable bonds is 5. The number of esters is 1. The van der Waals surface area contributed by atoms with Crippen LogP contribution in [0.4, 0.5) is 17.6 Å². The van der Waals surface area contributed by atoms with Gasteiger partial charge in [0, 0.05) is 77.0 Å². The van der Waals surface area contributed by atoms with Gasteiger partial charge >= 0.3 is 5.97 Å². The lowest BCUT2D eigenvalue weighted by atomic mass is 9.93. The molecule has 2 fully saturated rings. The summed E-state index contributed by atoms with van der Waals surface area (Å²) in [6, 6.07) is 21.6. The minimum Gasteiger partial charge on any atom is -0.502 e. The third kappa shape index (κ3) is 8.95. The van der Waals surface area contributed by atoms with Gasteiger partial charge in [-0.05, 0) is 46.5 Å². The summed E-state index contributed by atoms with van der Waals surface area (Å²) in [5, 5.41) is 14.3. The molecule has 16 nitrogen and oxygen atoms in total. The minimum atomic E-state index is -0.944. The molecule has 0 aliphatic carbocycles. The van der Waals surface area contributed by atoms with Crippen LogP contribution in [0.15, 0.2) is 117 Å². The Hall–Kier alpha value is -7.27. The van der Waals surface area contributed by atoms with Crippen molar-refractivity contribution in [1.82, 2.24) is 19.2 Å². The first-order valence-corrected chi connectivity index (χ1v) is 25.0. The standard InChI is InChI=1S/C27H23F2N3O6S.C24H19F2N3O4S.2CH4/c1-15(33)37-14-38-26-20(34)8-9-31-25(26)27(35)30-10-11-36-12-22(30)32(31)24-16-6-7-19(28)23(29)18(16)13-39-21-5-3-2-4-17(21)24;25-16-6-5-13-15(20(16)26)12-34-18-4-2-1-3-14(18)21(13)29-19-11-33-10-9-27(19)24(32)22-23(31)17(30)7-8-28(22)29;;/h2-9,22,24H,10-14H2,1H3;1-8,19,21,31H,9-12H2;2*1H4/t22-,24+;19-,21+;;/m11../s1.